The van der Waals surface area contributed by atoms with Gasteiger partial charge in [0.2, 0.25) is 21.8 Å². The fourth-order valence-electron chi connectivity index (χ4n) is 2.72. The van der Waals surface area contributed by atoms with Gasteiger partial charge in [-0.25, -0.2) is 13.4 Å². The van der Waals surface area contributed by atoms with Crippen molar-refractivity contribution in [2.75, 3.05) is 26.7 Å². The number of hydrogen-bond acceptors (Lipinski definition) is 6. The highest BCUT2D eigenvalue weighted by Crippen LogP contribution is 2.25. The first-order valence-corrected chi connectivity index (χ1v) is 9.41. The Morgan fingerprint density at radius 2 is 2.20 bits per heavy atom. The van der Waals surface area contributed by atoms with Gasteiger partial charge in [0.05, 0.1) is 13.3 Å². The number of methoxy groups -OCH3 is 1. The number of sulfonamides is 1. The molecule has 1 fully saturated rings. The number of carbonyl (C=O) groups excluding carboxylic acids is 1. The molecule has 8 nitrogen and oxygen atoms in total. The first kappa shape index (κ1) is 21.6. The van der Waals surface area contributed by atoms with Crippen molar-refractivity contribution in [3.63, 3.8) is 0 Å². The molecule has 1 atom stereocenters. The highest BCUT2D eigenvalue weighted by molar-refractivity contribution is 7.89. The summed E-state index contributed by atoms with van der Waals surface area (Å²) in [5, 5.41) is 2.76. The fraction of sp³-hybridized carbons (Fsp3) is 0.600. The van der Waals surface area contributed by atoms with Crippen molar-refractivity contribution in [3.05, 3.63) is 18.3 Å². The normalized spacial score (nSPS) is 18.2. The lowest BCUT2D eigenvalue weighted by Crippen LogP contribution is -2.49. The molecular weight excluding hydrogens is 368 g/mol. The number of aromatic nitrogens is 1. The SMILES string of the molecule is COc1ccc(S(=O)(=O)N2CCCCC2CNC(=O)CCN)cn1.Cl. The van der Waals surface area contributed by atoms with Gasteiger partial charge in [-0.05, 0) is 18.9 Å². The van der Waals surface area contributed by atoms with E-state index >= 15 is 0 Å². The molecule has 0 saturated carbocycles. The zero-order valence-electron chi connectivity index (χ0n) is 14.2. The number of rotatable bonds is 7. The quantitative estimate of drug-likeness (QED) is 0.699. The second kappa shape index (κ2) is 9.91. The lowest BCUT2D eigenvalue weighted by atomic mass is 10.1. The van der Waals surface area contributed by atoms with Crippen LogP contribution in [-0.2, 0) is 14.8 Å². The van der Waals surface area contributed by atoms with Gasteiger partial charge in [-0.3, -0.25) is 4.79 Å². The molecule has 1 aromatic heterocycles. The molecule has 0 aliphatic carbocycles. The molecule has 1 saturated heterocycles. The Hall–Kier alpha value is -1.42. The molecule has 1 unspecified atom stereocenters. The number of piperidine rings is 1. The van der Waals surface area contributed by atoms with Gasteiger partial charge in [0.1, 0.15) is 4.90 Å². The summed E-state index contributed by atoms with van der Waals surface area (Å²) >= 11 is 0. The lowest BCUT2D eigenvalue weighted by molar-refractivity contribution is -0.121. The van der Waals surface area contributed by atoms with Gasteiger partial charge in [0.25, 0.3) is 0 Å². The zero-order valence-corrected chi connectivity index (χ0v) is 15.8. The van der Waals surface area contributed by atoms with E-state index in [1.165, 1.54) is 29.7 Å². The van der Waals surface area contributed by atoms with Crippen molar-refractivity contribution >= 4 is 28.3 Å². The summed E-state index contributed by atoms with van der Waals surface area (Å²) in [7, 11) is -2.18. The third-order valence-electron chi connectivity index (χ3n) is 4.00. The number of nitrogens with two attached hydrogens (primary N) is 1. The third-order valence-corrected chi connectivity index (χ3v) is 5.94. The van der Waals surface area contributed by atoms with Crippen molar-refractivity contribution in [3.8, 4) is 5.88 Å². The average Bonchev–Trinajstić information content (AvgIpc) is 2.60. The number of ether oxygens (including phenoxy) is 1. The van der Waals surface area contributed by atoms with E-state index in [9.17, 15) is 13.2 Å². The Morgan fingerprint density at radius 1 is 1.44 bits per heavy atom. The molecule has 142 valence electrons. The Kier molecular flexibility index (Phi) is 8.57. The molecule has 0 radical (unpaired) electrons. The maximum Gasteiger partial charge on any atom is 0.244 e. The predicted molar refractivity (Wildman–Crippen MR) is 96.2 cm³/mol. The van der Waals surface area contributed by atoms with Crippen LogP contribution in [0.1, 0.15) is 25.7 Å². The van der Waals surface area contributed by atoms with Gasteiger partial charge < -0.3 is 15.8 Å². The van der Waals surface area contributed by atoms with Gasteiger partial charge in [-0.2, -0.15) is 4.31 Å². The number of nitrogens with zero attached hydrogens (tertiary/aromatic N) is 2. The van der Waals surface area contributed by atoms with Crippen molar-refractivity contribution in [2.45, 2.75) is 36.6 Å². The van der Waals surface area contributed by atoms with E-state index in [-0.39, 0.29) is 42.2 Å². The van der Waals surface area contributed by atoms with Gasteiger partial charge in [0.15, 0.2) is 0 Å². The highest BCUT2D eigenvalue weighted by atomic mass is 35.5. The molecule has 1 aliphatic heterocycles. The van der Waals surface area contributed by atoms with E-state index in [0.29, 0.717) is 25.4 Å². The molecule has 3 N–H and O–H groups in total. The maximum atomic E-state index is 12.9. The third kappa shape index (κ3) is 5.53. The minimum absolute atomic E-state index is 0. The number of pyridine rings is 1. The van der Waals surface area contributed by atoms with Gasteiger partial charge in [0, 0.05) is 38.2 Å². The van der Waals surface area contributed by atoms with E-state index in [4.69, 9.17) is 10.5 Å². The molecule has 10 heteroatoms. The van der Waals surface area contributed by atoms with E-state index in [2.05, 4.69) is 10.3 Å². The summed E-state index contributed by atoms with van der Waals surface area (Å²) in [5.41, 5.74) is 5.35. The number of halogens is 1. The van der Waals surface area contributed by atoms with Crippen LogP contribution < -0.4 is 15.8 Å². The average molecular weight is 393 g/mol. The first-order chi connectivity index (χ1) is 11.5. The van der Waals surface area contributed by atoms with Crippen LogP contribution in [0.3, 0.4) is 0 Å². The summed E-state index contributed by atoms with van der Waals surface area (Å²) in [6.45, 7) is 1.00. The summed E-state index contributed by atoms with van der Waals surface area (Å²) in [4.78, 5) is 15.7. The largest absolute Gasteiger partial charge is 0.481 e. The van der Waals surface area contributed by atoms with E-state index in [1.807, 2.05) is 0 Å². The van der Waals surface area contributed by atoms with Gasteiger partial charge >= 0.3 is 0 Å². The van der Waals surface area contributed by atoms with Crippen molar-refractivity contribution < 1.29 is 17.9 Å². The molecule has 0 bridgehead atoms. The van der Waals surface area contributed by atoms with Crippen LogP contribution in [-0.4, -0.2) is 56.4 Å². The van der Waals surface area contributed by atoms with E-state index in [0.717, 1.165) is 12.8 Å². The van der Waals surface area contributed by atoms with Crippen molar-refractivity contribution in [2.24, 2.45) is 5.73 Å². The summed E-state index contributed by atoms with van der Waals surface area (Å²) in [6.07, 6.45) is 3.99. The molecule has 0 aromatic carbocycles. The Labute approximate surface area is 154 Å². The molecule has 1 aromatic rings. The van der Waals surface area contributed by atoms with Crippen LogP contribution in [0, 0.1) is 0 Å². The number of hydrogen-bond donors (Lipinski definition) is 2. The molecule has 25 heavy (non-hydrogen) atoms. The number of amides is 1. The van der Waals surface area contributed by atoms with E-state index < -0.39 is 10.0 Å². The summed E-state index contributed by atoms with van der Waals surface area (Å²) < 4.78 is 32.2. The van der Waals surface area contributed by atoms with Crippen LogP contribution in [0.4, 0.5) is 0 Å². The van der Waals surface area contributed by atoms with Gasteiger partial charge in [-0.1, -0.05) is 6.42 Å². The van der Waals surface area contributed by atoms with Crippen molar-refractivity contribution in [1.82, 2.24) is 14.6 Å². The van der Waals surface area contributed by atoms with Crippen LogP contribution >= 0.6 is 12.4 Å². The summed E-state index contributed by atoms with van der Waals surface area (Å²) in [5.74, 6) is 0.199. The van der Waals surface area contributed by atoms with Crippen LogP contribution in [0.25, 0.3) is 0 Å². The molecule has 2 rings (SSSR count). The topological polar surface area (TPSA) is 115 Å². The van der Waals surface area contributed by atoms with Gasteiger partial charge in [-0.15, -0.1) is 12.4 Å². The Morgan fingerprint density at radius 3 is 2.80 bits per heavy atom. The monoisotopic (exact) mass is 392 g/mol. The number of nitrogens with one attached hydrogen (secondary N) is 1. The first-order valence-electron chi connectivity index (χ1n) is 7.97. The predicted octanol–water partition coefficient (Wildman–Crippen LogP) is 0.520. The summed E-state index contributed by atoms with van der Waals surface area (Å²) in [6, 6.07) is 2.75. The second-order valence-electron chi connectivity index (χ2n) is 5.64. The standard InChI is InChI=1S/C15H24N4O4S.ClH/c1-23-15-6-5-13(11-18-15)24(21,22)19-9-3-2-4-12(19)10-17-14(20)7-8-16;/h5-6,11-12H,2-4,7-10,16H2,1H3,(H,17,20);1H. The lowest BCUT2D eigenvalue weighted by Gasteiger charge is -2.34. The molecule has 1 aliphatic rings. The van der Waals surface area contributed by atoms with Crippen LogP contribution in [0.15, 0.2) is 23.2 Å². The Balaban J connectivity index is 0.00000312. The fourth-order valence-corrected chi connectivity index (χ4v) is 4.36. The van der Waals surface area contributed by atoms with Crippen LogP contribution in [0.2, 0.25) is 0 Å². The minimum Gasteiger partial charge on any atom is -0.481 e. The zero-order chi connectivity index (χ0) is 17.6. The molecule has 0 spiro atoms. The van der Waals surface area contributed by atoms with Crippen LogP contribution in [0.5, 0.6) is 5.88 Å². The Bertz CT molecular complexity index is 654. The second-order valence-corrected chi connectivity index (χ2v) is 7.53. The van der Waals surface area contributed by atoms with E-state index in [1.54, 1.807) is 0 Å². The van der Waals surface area contributed by atoms with Crippen molar-refractivity contribution in [1.29, 1.82) is 0 Å². The number of carbonyl (C=O) groups is 1. The molecular formula is C15H25ClN4O4S. The maximum absolute atomic E-state index is 12.9. The molecule has 1 amide bonds. The smallest absolute Gasteiger partial charge is 0.244 e. The molecule has 2 heterocycles. The highest BCUT2D eigenvalue weighted by Gasteiger charge is 2.33. The minimum atomic E-state index is -3.66.